The van der Waals surface area contributed by atoms with Crippen molar-refractivity contribution in [2.45, 2.75) is 6.54 Å². The highest BCUT2D eigenvalue weighted by Gasteiger charge is 2.23. The highest BCUT2D eigenvalue weighted by molar-refractivity contribution is 5.94. The van der Waals surface area contributed by atoms with Gasteiger partial charge in [-0.25, -0.2) is 0 Å². The van der Waals surface area contributed by atoms with Gasteiger partial charge in [0.15, 0.2) is 0 Å². The van der Waals surface area contributed by atoms with E-state index in [-0.39, 0.29) is 0 Å². The van der Waals surface area contributed by atoms with E-state index >= 15 is 0 Å². The topological polar surface area (TPSA) is 61.2 Å². The van der Waals surface area contributed by atoms with Crippen LogP contribution in [0.25, 0.3) is 67.3 Å². The number of hydrogen-bond donors (Lipinski definition) is 1. The van der Waals surface area contributed by atoms with Crippen molar-refractivity contribution in [3.63, 3.8) is 0 Å². The number of ether oxygens (including phenoxy) is 2. The lowest BCUT2D eigenvalue weighted by Gasteiger charge is -2.23. The van der Waals surface area contributed by atoms with Gasteiger partial charge in [-0.3, -0.25) is 9.97 Å². The van der Waals surface area contributed by atoms with E-state index in [0.717, 1.165) is 85.4 Å². The zero-order valence-electron chi connectivity index (χ0n) is 27.5. The van der Waals surface area contributed by atoms with Gasteiger partial charge in [0.25, 0.3) is 0 Å². The van der Waals surface area contributed by atoms with Gasteiger partial charge in [-0.15, -0.1) is 0 Å². The van der Waals surface area contributed by atoms with Crippen molar-refractivity contribution in [3.8, 4) is 73.3 Å². The Morgan fingerprint density at radius 1 is 0.569 bits per heavy atom. The summed E-state index contributed by atoms with van der Waals surface area (Å²) in [4.78, 5) is 8.93. The van der Waals surface area contributed by atoms with Crippen LogP contribution in [0.3, 0.4) is 0 Å². The van der Waals surface area contributed by atoms with Crippen LogP contribution in [-0.2, 0) is 6.54 Å². The van der Waals surface area contributed by atoms with Crippen LogP contribution in [0.5, 0.6) is 23.0 Å². The molecule has 2 aliphatic rings. The van der Waals surface area contributed by atoms with Crippen LogP contribution in [0, 0.1) is 0 Å². The van der Waals surface area contributed by atoms with Crippen molar-refractivity contribution in [1.29, 1.82) is 0 Å². The molecule has 5 heterocycles. The molecule has 0 radical (unpaired) electrons. The van der Waals surface area contributed by atoms with Gasteiger partial charge in [0.2, 0.25) is 0 Å². The number of pyridine rings is 2. The lowest BCUT2D eigenvalue weighted by molar-refractivity contribution is 0.472. The van der Waals surface area contributed by atoms with E-state index in [1.54, 1.807) is 6.20 Å². The Bertz CT molecular complexity index is 2660. The summed E-state index contributed by atoms with van der Waals surface area (Å²) in [5, 5.41) is 4.64. The molecule has 0 amide bonds. The Morgan fingerprint density at radius 2 is 1.27 bits per heavy atom. The van der Waals surface area contributed by atoms with Crippen LogP contribution in [0.4, 0.5) is 0 Å². The number of benzene rings is 5. The molecular formula is C45H30N4O2. The number of hydrogen-bond acceptors (Lipinski definition) is 5. The molecule has 0 saturated heterocycles. The highest BCUT2D eigenvalue weighted by atomic mass is 16.5. The van der Waals surface area contributed by atoms with Gasteiger partial charge in [-0.05, 0) is 90.1 Å². The average Bonchev–Trinajstić information content (AvgIpc) is 3.53. The zero-order valence-corrected chi connectivity index (χ0v) is 27.5. The molecule has 0 aliphatic carbocycles. The maximum Gasteiger partial charge on any atom is 0.137 e. The number of nitrogens with one attached hydrogen (secondary N) is 1. The van der Waals surface area contributed by atoms with Gasteiger partial charge in [0.1, 0.15) is 23.0 Å². The van der Waals surface area contributed by atoms with Crippen molar-refractivity contribution in [1.82, 2.24) is 19.9 Å². The maximum atomic E-state index is 6.99. The average molecular weight is 659 g/mol. The third-order valence-corrected chi connectivity index (χ3v) is 9.70. The van der Waals surface area contributed by atoms with Gasteiger partial charge in [-0.1, -0.05) is 60.7 Å². The lowest BCUT2D eigenvalue weighted by atomic mass is 9.97. The second-order valence-electron chi connectivity index (χ2n) is 12.7. The molecule has 5 aromatic carbocycles. The molecular weight excluding hydrogens is 629 g/mol. The molecule has 242 valence electrons. The van der Waals surface area contributed by atoms with E-state index in [2.05, 4.69) is 105 Å². The van der Waals surface area contributed by atoms with E-state index in [1.165, 1.54) is 16.6 Å². The fourth-order valence-electron chi connectivity index (χ4n) is 7.31. The molecule has 1 N–H and O–H groups in total. The van der Waals surface area contributed by atoms with Gasteiger partial charge < -0.3 is 19.4 Å². The summed E-state index contributed by atoms with van der Waals surface area (Å²) in [5.74, 6) is 2.99. The minimum Gasteiger partial charge on any atom is -0.456 e. The Balaban J connectivity index is 1.18. The molecule has 10 rings (SSSR count). The van der Waals surface area contributed by atoms with Crippen LogP contribution < -0.4 is 14.8 Å². The normalized spacial score (nSPS) is 12.6. The largest absolute Gasteiger partial charge is 0.456 e. The van der Waals surface area contributed by atoms with Crippen molar-refractivity contribution in [3.05, 3.63) is 170 Å². The van der Waals surface area contributed by atoms with Crippen LogP contribution in [0.2, 0.25) is 0 Å². The van der Waals surface area contributed by atoms with Gasteiger partial charge in [-0.2, -0.15) is 0 Å². The van der Waals surface area contributed by atoms with Gasteiger partial charge >= 0.3 is 0 Å². The number of para-hydroxylation sites is 3. The first-order valence-corrected chi connectivity index (χ1v) is 17.0. The SMILES string of the molecule is C1=Cc2c(n(-c3ccc4c(c3)Oc3ccccc3-c3ccccc3Oc3cc(-c5ccnc(-c6cccnc6)c5)ccc3-4)c3ccccc23)CN1. The Kier molecular flexibility index (Phi) is 6.77. The highest BCUT2D eigenvalue weighted by Crippen LogP contribution is 2.48. The van der Waals surface area contributed by atoms with E-state index in [4.69, 9.17) is 9.47 Å². The predicted octanol–water partition coefficient (Wildman–Crippen LogP) is 11.1. The van der Waals surface area contributed by atoms with Gasteiger partial charge in [0, 0.05) is 69.1 Å². The molecule has 3 aromatic heterocycles. The summed E-state index contributed by atoms with van der Waals surface area (Å²) in [5.41, 5.74) is 12.3. The van der Waals surface area contributed by atoms with Crippen LogP contribution >= 0.6 is 0 Å². The summed E-state index contributed by atoms with van der Waals surface area (Å²) in [7, 11) is 0. The summed E-state index contributed by atoms with van der Waals surface area (Å²) < 4.78 is 16.3. The van der Waals surface area contributed by atoms with Crippen LogP contribution in [0.1, 0.15) is 11.3 Å². The summed E-state index contributed by atoms with van der Waals surface area (Å²) in [6.45, 7) is 0.731. The second kappa shape index (κ2) is 11.9. The maximum absolute atomic E-state index is 6.99. The number of aromatic nitrogens is 3. The molecule has 0 bridgehead atoms. The van der Waals surface area contributed by atoms with Gasteiger partial charge in [0.05, 0.1) is 23.4 Å². The van der Waals surface area contributed by atoms with Crippen molar-refractivity contribution >= 4 is 17.0 Å². The van der Waals surface area contributed by atoms with Crippen molar-refractivity contribution in [2.75, 3.05) is 0 Å². The first-order chi connectivity index (χ1) is 25.3. The standard InChI is InChI=1S/C45H30N4O2/c1-4-12-40-33(9-1)34-20-22-47-28-41(34)49(40)32-16-18-38-37-17-15-29(30-19-23-48-39(24-30)31-8-7-21-46-27-31)25-44(37)50-42-13-5-2-10-35(42)36-11-3-6-14-43(36)51-45(38)26-32/h1-27,47H,28H2. The molecule has 0 saturated carbocycles. The second-order valence-corrected chi connectivity index (χ2v) is 12.7. The Morgan fingerprint density at radius 3 is 2.08 bits per heavy atom. The predicted molar refractivity (Wildman–Crippen MR) is 203 cm³/mol. The zero-order chi connectivity index (χ0) is 33.7. The van der Waals surface area contributed by atoms with Crippen LogP contribution in [-0.4, -0.2) is 14.5 Å². The Labute approximate surface area is 294 Å². The third-order valence-electron chi connectivity index (χ3n) is 9.70. The van der Waals surface area contributed by atoms with Crippen molar-refractivity contribution in [2.24, 2.45) is 0 Å². The third kappa shape index (κ3) is 4.96. The molecule has 8 aromatic rings. The molecule has 6 heteroatoms. The Hall–Kier alpha value is -6.92. The first kappa shape index (κ1) is 29.0. The smallest absolute Gasteiger partial charge is 0.137 e. The van der Waals surface area contributed by atoms with Crippen LogP contribution in [0.15, 0.2) is 158 Å². The fraction of sp³-hybridized carbons (Fsp3) is 0.0222. The molecule has 51 heavy (non-hydrogen) atoms. The molecule has 0 spiro atoms. The molecule has 0 atom stereocenters. The lowest BCUT2D eigenvalue weighted by Crippen LogP contribution is -2.13. The number of nitrogens with zero attached hydrogens (tertiary/aromatic N) is 3. The number of rotatable bonds is 3. The number of fused-ring (bicyclic) bond motifs is 9. The summed E-state index contributed by atoms with van der Waals surface area (Å²) in [6.07, 6.45) is 9.64. The van der Waals surface area contributed by atoms with E-state index in [9.17, 15) is 0 Å². The minimum atomic E-state index is 0.731. The minimum absolute atomic E-state index is 0.731. The molecule has 6 nitrogen and oxygen atoms in total. The van der Waals surface area contributed by atoms with E-state index in [0.29, 0.717) is 0 Å². The first-order valence-electron chi connectivity index (χ1n) is 17.0. The summed E-state index contributed by atoms with van der Waals surface area (Å²) in [6, 6.07) is 45.9. The fourth-order valence-corrected chi connectivity index (χ4v) is 7.31. The summed E-state index contributed by atoms with van der Waals surface area (Å²) >= 11 is 0. The monoisotopic (exact) mass is 658 g/mol. The van der Waals surface area contributed by atoms with E-state index in [1.807, 2.05) is 73.2 Å². The molecule has 0 unspecified atom stereocenters. The van der Waals surface area contributed by atoms with Crippen molar-refractivity contribution < 1.29 is 9.47 Å². The quantitative estimate of drug-likeness (QED) is 0.205. The molecule has 2 aliphatic heterocycles. The van der Waals surface area contributed by atoms with E-state index < -0.39 is 0 Å². The molecule has 0 fully saturated rings.